The van der Waals surface area contributed by atoms with Crippen LogP contribution in [0.25, 0.3) is 0 Å². The Hall–Kier alpha value is -0.610. The summed E-state index contributed by atoms with van der Waals surface area (Å²) in [5.41, 5.74) is 1.26. The van der Waals surface area contributed by atoms with Gasteiger partial charge in [-0.05, 0) is 25.0 Å². The van der Waals surface area contributed by atoms with Crippen molar-refractivity contribution in [2.24, 2.45) is 0 Å². The Morgan fingerprint density at radius 2 is 2.10 bits per heavy atom. The summed E-state index contributed by atoms with van der Waals surface area (Å²) in [6, 6.07) is 3.49. The van der Waals surface area contributed by atoms with Crippen molar-refractivity contribution in [1.82, 2.24) is 10.2 Å². The molecule has 0 aromatic heterocycles. The van der Waals surface area contributed by atoms with Gasteiger partial charge in [0.2, 0.25) is 0 Å². The van der Waals surface area contributed by atoms with E-state index in [0.29, 0.717) is 22.6 Å². The molecule has 1 aromatic carbocycles. The molecule has 1 atom stereocenters. The maximum absolute atomic E-state index is 14.4. The van der Waals surface area contributed by atoms with E-state index < -0.39 is 0 Å². The molecular weight excluding hydrogens is 298 g/mol. The van der Waals surface area contributed by atoms with Gasteiger partial charge >= 0.3 is 0 Å². The van der Waals surface area contributed by atoms with Crippen LogP contribution >= 0.6 is 24.0 Å². The van der Waals surface area contributed by atoms with Crippen LogP contribution < -0.4 is 5.32 Å². The smallest absolute Gasteiger partial charge is 0.132 e. The van der Waals surface area contributed by atoms with Gasteiger partial charge in [-0.3, -0.25) is 4.90 Å². The van der Waals surface area contributed by atoms with E-state index in [4.69, 9.17) is 11.6 Å². The van der Waals surface area contributed by atoms with E-state index in [1.54, 1.807) is 19.1 Å². The van der Waals surface area contributed by atoms with Crippen LogP contribution in [0.4, 0.5) is 4.39 Å². The van der Waals surface area contributed by atoms with E-state index in [1.165, 1.54) is 0 Å². The van der Waals surface area contributed by atoms with E-state index in [-0.39, 0.29) is 24.3 Å². The standard InChI is InChI=1S/C15H20ClFN2.ClH/c1-3-4-13(19-9-7-18-8-10-19)14-12(16)6-5-11(2)15(14)17;/h3,5-6,13,18H,1,4,7-10H2,2H3;1H/t13-;/m1./s1. The first-order valence-electron chi connectivity index (χ1n) is 6.65. The molecule has 1 aliphatic rings. The molecule has 1 aromatic rings. The summed E-state index contributed by atoms with van der Waals surface area (Å²) in [5, 5.41) is 3.82. The van der Waals surface area contributed by atoms with Gasteiger partial charge in [-0.2, -0.15) is 0 Å². The lowest BCUT2D eigenvalue weighted by atomic mass is 9.98. The van der Waals surface area contributed by atoms with Crippen molar-refractivity contribution in [2.45, 2.75) is 19.4 Å². The summed E-state index contributed by atoms with van der Waals surface area (Å²) < 4.78 is 14.4. The quantitative estimate of drug-likeness (QED) is 0.851. The predicted molar refractivity (Wildman–Crippen MR) is 85.4 cm³/mol. The monoisotopic (exact) mass is 318 g/mol. The fourth-order valence-electron chi connectivity index (χ4n) is 2.58. The fraction of sp³-hybridized carbons (Fsp3) is 0.467. The number of halogens is 3. The molecule has 1 N–H and O–H groups in total. The minimum absolute atomic E-state index is 0. The Morgan fingerprint density at radius 1 is 1.45 bits per heavy atom. The van der Waals surface area contributed by atoms with Crippen molar-refractivity contribution in [3.05, 3.63) is 46.8 Å². The van der Waals surface area contributed by atoms with Crippen LogP contribution in [0.1, 0.15) is 23.6 Å². The molecule has 0 amide bonds. The van der Waals surface area contributed by atoms with Gasteiger partial charge in [-0.15, -0.1) is 19.0 Å². The van der Waals surface area contributed by atoms with Crippen LogP contribution in [-0.2, 0) is 0 Å². The van der Waals surface area contributed by atoms with E-state index >= 15 is 0 Å². The van der Waals surface area contributed by atoms with Gasteiger partial charge in [0.25, 0.3) is 0 Å². The van der Waals surface area contributed by atoms with Gasteiger partial charge in [0.1, 0.15) is 5.82 Å². The maximum Gasteiger partial charge on any atom is 0.132 e. The lowest BCUT2D eigenvalue weighted by Crippen LogP contribution is -2.45. The van der Waals surface area contributed by atoms with Gasteiger partial charge in [-0.25, -0.2) is 4.39 Å². The fourth-order valence-corrected chi connectivity index (χ4v) is 2.86. The third-order valence-electron chi connectivity index (χ3n) is 3.64. The van der Waals surface area contributed by atoms with E-state index in [9.17, 15) is 4.39 Å². The average Bonchev–Trinajstić information content (AvgIpc) is 2.43. The molecule has 1 aliphatic heterocycles. The Morgan fingerprint density at radius 3 is 2.70 bits per heavy atom. The van der Waals surface area contributed by atoms with Crippen molar-refractivity contribution >= 4 is 24.0 Å². The highest BCUT2D eigenvalue weighted by Gasteiger charge is 2.26. The third-order valence-corrected chi connectivity index (χ3v) is 3.96. The maximum atomic E-state index is 14.4. The number of nitrogens with zero attached hydrogens (tertiary/aromatic N) is 1. The van der Waals surface area contributed by atoms with Gasteiger partial charge in [0, 0.05) is 42.8 Å². The Kier molecular flexibility index (Phi) is 6.96. The van der Waals surface area contributed by atoms with Crippen LogP contribution in [0.15, 0.2) is 24.8 Å². The summed E-state index contributed by atoms with van der Waals surface area (Å²) in [6.07, 6.45) is 2.55. The molecule has 0 spiro atoms. The molecule has 1 saturated heterocycles. The number of hydrogen-bond acceptors (Lipinski definition) is 2. The number of benzene rings is 1. The molecule has 0 aliphatic carbocycles. The molecular formula is C15H21Cl2FN2. The lowest BCUT2D eigenvalue weighted by molar-refractivity contribution is 0.171. The predicted octanol–water partition coefficient (Wildman–Crippen LogP) is 3.73. The van der Waals surface area contributed by atoms with Gasteiger partial charge in [-0.1, -0.05) is 23.7 Å². The minimum atomic E-state index is -0.183. The molecule has 20 heavy (non-hydrogen) atoms. The molecule has 1 heterocycles. The van der Waals surface area contributed by atoms with Crippen molar-refractivity contribution in [1.29, 1.82) is 0 Å². The van der Waals surface area contributed by atoms with E-state index in [0.717, 1.165) is 26.2 Å². The van der Waals surface area contributed by atoms with Crippen molar-refractivity contribution < 1.29 is 4.39 Å². The molecule has 0 bridgehead atoms. The number of hydrogen-bond donors (Lipinski definition) is 1. The summed E-state index contributed by atoms with van der Waals surface area (Å²) in [7, 11) is 0. The van der Waals surface area contributed by atoms with Crippen molar-refractivity contribution in [2.75, 3.05) is 26.2 Å². The summed E-state index contributed by atoms with van der Waals surface area (Å²) in [4.78, 5) is 2.28. The van der Waals surface area contributed by atoms with Crippen LogP contribution in [0.2, 0.25) is 5.02 Å². The summed E-state index contributed by atoms with van der Waals surface area (Å²) in [5.74, 6) is -0.183. The Bertz CT molecular complexity index is 459. The van der Waals surface area contributed by atoms with Crippen LogP contribution in [0, 0.1) is 12.7 Å². The van der Waals surface area contributed by atoms with Crippen LogP contribution in [-0.4, -0.2) is 31.1 Å². The number of aryl methyl sites for hydroxylation is 1. The third kappa shape index (κ3) is 3.73. The first-order valence-corrected chi connectivity index (χ1v) is 7.03. The molecule has 5 heteroatoms. The SMILES string of the molecule is C=CC[C@H](c1c(Cl)ccc(C)c1F)N1CCNCC1.Cl. The number of rotatable bonds is 4. The van der Waals surface area contributed by atoms with E-state index in [1.807, 2.05) is 6.08 Å². The van der Waals surface area contributed by atoms with E-state index in [2.05, 4.69) is 16.8 Å². The largest absolute Gasteiger partial charge is 0.314 e. The lowest BCUT2D eigenvalue weighted by Gasteiger charge is -2.35. The van der Waals surface area contributed by atoms with Crippen molar-refractivity contribution in [3.63, 3.8) is 0 Å². The minimum Gasteiger partial charge on any atom is -0.314 e. The molecule has 0 saturated carbocycles. The molecule has 2 rings (SSSR count). The second kappa shape index (κ2) is 7.99. The Balaban J connectivity index is 0.00000200. The van der Waals surface area contributed by atoms with Gasteiger partial charge in [0.05, 0.1) is 0 Å². The number of nitrogens with one attached hydrogen (secondary N) is 1. The Labute approximate surface area is 131 Å². The number of piperazine rings is 1. The molecule has 2 nitrogen and oxygen atoms in total. The molecule has 112 valence electrons. The second-order valence-corrected chi connectivity index (χ2v) is 5.33. The molecule has 0 radical (unpaired) electrons. The van der Waals surface area contributed by atoms with Crippen LogP contribution in [0.3, 0.4) is 0 Å². The first-order chi connectivity index (χ1) is 9.15. The normalized spacial score (nSPS) is 17.4. The van der Waals surface area contributed by atoms with Gasteiger partial charge < -0.3 is 5.32 Å². The van der Waals surface area contributed by atoms with Crippen molar-refractivity contribution in [3.8, 4) is 0 Å². The van der Waals surface area contributed by atoms with Crippen LogP contribution in [0.5, 0.6) is 0 Å². The average molecular weight is 319 g/mol. The zero-order chi connectivity index (χ0) is 13.8. The second-order valence-electron chi connectivity index (χ2n) is 4.92. The zero-order valence-electron chi connectivity index (χ0n) is 11.7. The highest BCUT2D eigenvalue weighted by atomic mass is 35.5. The topological polar surface area (TPSA) is 15.3 Å². The summed E-state index contributed by atoms with van der Waals surface area (Å²) in [6.45, 7) is 9.24. The first kappa shape index (κ1) is 17.4. The highest BCUT2D eigenvalue weighted by Crippen LogP contribution is 2.34. The summed E-state index contributed by atoms with van der Waals surface area (Å²) >= 11 is 6.23. The molecule has 1 fully saturated rings. The zero-order valence-corrected chi connectivity index (χ0v) is 13.2. The highest BCUT2D eigenvalue weighted by molar-refractivity contribution is 6.31. The molecule has 0 unspecified atom stereocenters. The van der Waals surface area contributed by atoms with Gasteiger partial charge in [0.15, 0.2) is 0 Å².